The first-order chi connectivity index (χ1) is 7.69. The maximum Gasteiger partial charge on any atom is 0.135 e. The third kappa shape index (κ3) is 3.96. The van der Waals surface area contributed by atoms with E-state index in [4.69, 9.17) is 9.47 Å². The van der Waals surface area contributed by atoms with Gasteiger partial charge in [0.05, 0.1) is 17.3 Å². The number of rotatable bonds is 6. The number of halogens is 2. The fourth-order valence-corrected chi connectivity index (χ4v) is 2.56. The van der Waals surface area contributed by atoms with Gasteiger partial charge in [0.2, 0.25) is 0 Å². The van der Waals surface area contributed by atoms with Gasteiger partial charge in [0.25, 0.3) is 0 Å². The number of methoxy groups -OCH3 is 2. The molecule has 0 spiro atoms. The van der Waals surface area contributed by atoms with Crippen molar-refractivity contribution in [3.8, 4) is 5.75 Å². The molecule has 0 aliphatic rings. The summed E-state index contributed by atoms with van der Waals surface area (Å²) in [5.74, 6) is 0.817. The van der Waals surface area contributed by atoms with E-state index in [0.717, 1.165) is 40.0 Å². The minimum absolute atomic E-state index is 0.762. The highest BCUT2D eigenvalue weighted by atomic mass is 79.9. The Morgan fingerprint density at radius 2 is 1.94 bits per heavy atom. The molecule has 0 aliphatic heterocycles. The van der Waals surface area contributed by atoms with Crippen LogP contribution in [0.4, 0.5) is 5.69 Å². The fourth-order valence-electron chi connectivity index (χ4n) is 1.26. The Morgan fingerprint density at radius 3 is 2.56 bits per heavy atom. The van der Waals surface area contributed by atoms with Crippen molar-refractivity contribution in [3.63, 3.8) is 0 Å². The van der Waals surface area contributed by atoms with Crippen LogP contribution in [0, 0.1) is 0 Å². The van der Waals surface area contributed by atoms with Crippen LogP contribution in [0.2, 0.25) is 0 Å². The van der Waals surface area contributed by atoms with Crippen LogP contribution in [0.25, 0.3) is 0 Å². The Bertz CT molecular complexity index is 345. The molecule has 16 heavy (non-hydrogen) atoms. The first kappa shape index (κ1) is 13.8. The lowest BCUT2D eigenvalue weighted by atomic mass is 10.3. The zero-order valence-electron chi connectivity index (χ0n) is 9.35. The zero-order chi connectivity index (χ0) is 12.0. The first-order valence-corrected chi connectivity index (χ1v) is 6.53. The van der Waals surface area contributed by atoms with E-state index in [2.05, 4.69) is 37.2 Å². The van der Waals surface area contributed by atoms with Crippen molar-refractivity contribution in [1.82, 2.24) is 0 Å². The molecule has 0 aliphatic carbocycles. The van der Waals surface area contributed by atoms with Crippen LogP contribution in [0.1, 0.15) is 6.42 Å². The van der Waals surface area contributed by atoms with E-state index in [1.165, 1.54) is 0 Å². The van der Waals surface area contributed by atoms with E-state index in [0.29, 0.717) is 0 Å². The summed E-state index contributed by atoms with van der Waals surface area (Å²) in [6.45, 7) is 1.63. The molecule has 0 amide bonds. The van der Waals surface area contributed by atoms with Gasteiger partial charge in [-0.05, 0) is 44.3 Å². The Hall–Kier alpha value is -0.260. The third-order valence-electron chi connectivity index (χ3n) is 2.08. The number of ether oxygens (including phenoxy) is 2. The van der Waals surface area contributed by atoms with Gasteiger partial charge in [0, 0.05) is 30.8 Å². The summed E-state index contributed by atoms with van der Waals surface area (Å²) in [5, 5.41) is 3.32. The van der Waals surface area contributed by atoms with E-state index in [-0.39, 0.29) is 0 Å². The third-order valence-corrected chi connectivity index (χ3v) is 3.36. The summed E-state index contributed by atoms with van der Waals surface area (Å²) >= 11 is 6.93. The number of hydrogen-bond acceptors (Lipinski definition) is 3. The molecule has 1 rings (SSSR count). The second-order valence-corrected chi connectivity index (χ2v) is 4.95. The van der Waals surface area contributed by atoms with Crippen molar-refractivity contribution < 1.29 is 9.47 Å². The smallest absolute Gasteiger partial charge is 0.135 e. The second kappa shape index (κ2) is 7.14. The molecule has 0 heterocycles. The highest BCUT2D eigenvalue weighted by molar-refractivity contribution is 9.11. The molecular weight excluding hydrogens is 338 g/mol. The molecule has 0 fully saturated rings. The van der Waals surface area contributed by atoms with Crippen LogP contribution in [-0.2, 0) is 4.74 Å². The normalized spacial score (nSPS) is 10.2. The van der Waals surface area contributed by atoms with E-state index < -0.39 is 0 Å². The Balaban J connectivity index is 2.64. The molecule has 90 valence electrons. The monoisotopic (exact) mass is 351 g/mol. The minimum atomic E-state index is 0.762. The molecule has 1 aromatic carbocycles. The van der Waals surface area contributed by atoms with Gasteiger partial charge < -0.3 is 14.8 Å². The average molecular weight is 353 g/mol. The van der Waals surface area contributed by atoms with Gasteiger partial charge in [-0.15, -0.1) is 0 Å². The SMILES string of the molecule is COCCCNc1cc(OC)c(Br)cc1Br. The van der Waals surface area contributed by atoms with E-state index in [1.54, 1.807) is 14.2 Å². The molecule has 0 atom stereocenters. The maximum atomic E-state index is 5.24. The van der Waals surface area contributed by atoms with Gasteiger partial charge >= 0.3 is 0 Å². The molecule has 1 N–H and O–H groups in total. The molecule has 0 aromatic heterocycles. The number of benzene rings is 1. The maximum absolute atomic E-state index is 5.24. The Morgan fingerprint density at radius 1 is 1.19 bits per heavy atom. The quantitative estimate of drug-likeness (QED) is 0.792. The summed E-state index contributed by atoms with van der Waals surface area (Å²) in [6.07, 6.45) is 0.974. The predicted molar refractivity (Wildman–Crippen MR) is 73.4 cm³/mol. The molecule has 0 unspecified atom stereocenters. The molecule has 1 aromatic rings. The lowest BCUT2D eigenvalue weighted by molar-refractivity contribution is 0.198. The van der Waals surface area contributed by atoms with E-state index >= 15 is 0 Å². The van der Waals surface area contributed by atoms with Crippen molar-refractivity contribution >= 4 is 37.5 Å². The number of anilines is 1. The van der Waals surface area contributed by atoms with E-state index in [1.807, 2.05) is 12.1 Å². The molecule has 0 saturated heterocycles. The van der Waals surface area contributed by atoms with Crippen LogP contribution in [0.5, 0.6) is 5.75 Å². The predicted octanol–water partition coefficient (Wildman–Crippen LogP) is 3.67. The zero-order valence-corrected chi connectivity index (χ0v) is 12.5. The van der Waals surface area contributed by atoms with Crippen molar-refractivity contribution in [2.45, 2.75) is 6.42 Å². The Kier molecular flexibility index (Phi) is 6.16. The molecule has 0 bridgehead atoms. The summed E-state index contributed by atoms with van der Waals surface area (Å²) in [4.78, 5) is 0. The highest BCUT2D eigenvalue weighted by Crippen LogP contribution is 2.34. The highest BCUT2D eigenvalue weighted by Gasteiger charge is 2.06. The molecule has 0 saturated carbocycles. The number of hydrogen-bond donors (Lipinski definition) is 1. The Labute approximate surface area is 113 Å². The molecule has 0 radical (unpaired) electrons. The van der Waals surface area contributed by atoms with Crippen molar-refractivity contribution in [1.29, 1.82) is 0 Å². The van der Waals surface area contributed by atoms with Crippen LogP contribution in [0.15, 0.2) is 21.1 Å². The topological polar surface area (TPSA) is 30.5 Å². The van der Waals surface area contributed by atoms with Gasteiger partial charge in [0.1, 0.15) is 5.75 Å². The van der Waals surface area contributed by atoms with Crippen molar-refractivity contribution in [3.05, 3.63) is 21.1 Å². The number of nitrogens with one attached hydrogen (secondary N) is 1. The summed E-state index contributed by atoms with van der Waals surface area (Å²) < 4.78 is 12.2. The van der Waals surface area contributed by atoms with Crippen LogP contribution < -0.4 is 10.1 Å². The fraction of sp³-hybridized carbons (Fsp3) is 0.455. The summed E-state index contributed by atoms with van der Waals surface area (Å²) in [6, 6.07) is 3.93. The second-order valence-electron chi connectivity index (χ2n) is 3.24. The van der Waals surface area contributed by atoms with Crippen LogP contribution in [0.3, 0.4) is 0 Å². The van der Waals surface area contributed by atoms with Crippen molar-refractivity contribution in [2.24, 2.45) is 0 Å². The minimum Gasteiger partial charge on any atom is -0.495 e. The largest absolute Gasteiger partial charge is 0.495 e. The first-order valence-electron chi connectivity index (χ1n) is 4.95. The van der Waals surface area contributed by atoms with Crippen molar-refractivity contribution in [2.75, 3.05) is 32.7 Å². The van der Waals surface area contributed by atoms with Gasteiger partial charge in [0.15, 0.2) is 0 Å². The molecular formula is C11H15Br2NO2. The lowest BCUT2D eigenvalue weighted by Crippen LogP contribution is -2.05. The van der Waals surface area contributed by atoms with Crippen LogP contribution in [-0.4, -0.2) is 27.4 Å². The lowest BCUT2D eigenvalue weighted by Gasteiger charge is -2.11. The van der Waals surface area contributed by atoms with Gasteiger partial charge in [-0.25, -0.2) is 0 Å². The van der Waals surface area contributed by atoms with Gasteiger partial charge in [-0.1, -0.05) is 0 Å². The van der Waals surface area contributed by atoms with Gasteiger partial charge in [-0.2, -0.15) is 0 Å². The molecule has 5 heteroatoms. The average Bonchev–Trinajstić information content (AvgIpc) is 2.27. The van der Waals surface area contributed by atoms with Crippen LogP contribution >= 0.6 is 31.9 Å². The molecule has 3 nitrogen and oxygen atoms in total. The van der Waals surface area contributed by atoms with E-state index in [9.17, 15) is 0 Å². The standard InChI is InChI=1S/C11H15Br2NO2/c1-15-5-3-4-14-10-7-11(16-2)9(13)6-8(10)12/h6-7,14H,3-5H2,1-2H3. The summed E-state index contributed by atoms with van der Waals surface area (Å²) in [7, 11) is 3.36. The van der Waals surface area contributed by atoms with Gasteiger partial charge in [-0.3, -0.25) is 0 Å². The summed E-state index contributed by atoms with van der Waals surface area (Å²) in [5.41, 5.74) is 1.02.